The van der Waals surface area contributed by atoms with Crippen LogP contribution in [0.3, 0.4) is 0 Å². The maximum Gasteiger partial charge on any atom is 0.243 e. The first-order valence-corrected chi connectivity index (χ1v) is 6.35. The molecular weight excluding hydrogens is 242 g/mol. The quantitative estimate of drug-likeness (QED) is 0.862. The van der Waals surface area contributed by atoms with Gasteiger partial charge in [-0.25, -0.2) is 0 Å². The number of rotatable bonds is 2. The molecule has 0 aromatic carbocycles. The summed E-state index contributed by atoms with van der Waals surface area (Å²) in [5.74, 6) is -0.139. The highest BCUT2D eigenvalue weighted by atomic mass is 16.2. The maximum absolute atomic E-state index is 12.1. The molecule has 2 rings (SSSR count). The fraction of sp³-hybridized carbons (Fsp3) is 0.500. The predicted octanol–water partition coefficient (Wildman–Crippen LogP) is 0.955. The monoisotopic (exact) mass is 261 g/mol. The van der Waals surface area contributed by atoms with Crippen LogP contribution in [0.5, 0.6) is 0 Å². The first-order chi connectivity index (χ1) is 8.89. The summed E-state index contributed by atoms with van der Waals surface area (Å²) in [6.45, 7) is 6.39. The third-order valence-electron chi connectivity index (χ3n) is 3.19. The molecule has 1 fully saturated rings. The Morgan fingerprint density at radius 1 is 1.42 bits per heavy atom. The Hall–Kier alpha value is -1.91. The average Bonchev–Trinajstić information content (AvgIpc) is 2.33. The fourth-order valence-corrected chi connectivity index (χ4v) is 2.38. The highest BCUT2D eigenvalue weighted by molar-refractivity contribution is 5.95. The van der Waals surface area contributed by atoms with Crippen molar-refractivity contribution in [2.24, 2.45) is 5.41 Å². The third-order valence-corrected chi connectivity index (χ3v) is 3.19. The number of hydrogen-bond donors (Lipinski definition) is 1. The number of carbonyl (C=O) groups excluding carboxylic acids is 2. The van der Waals surface area contributed by atoms with E-state index in [1.54, 1.807) is 17.3 Å². The van der Waals surface area contributed by atoms with E-state index in [0.29, 0.717) is 6.54 Å². The van der Waals surface area contributed by atoms with Gasteiger partial charge in [-0.05, 0) is 17.0 Å². The summed E-state index contributed by atoms with van der Waals surface area (Å²) in [6.07, 6.45) is 3.41. The van der Waals surface area contributed by atoms with Crippen LogP contribution in [0.2, 0.25) is 0 Å². The predicted molar refractivity (Wildman–Crippen MR) is 71.0 cm³/mol. The van der Waals surface area contributed by atoms with Crippen LogP contribution in [-0.2, 0) is 16.1 Å². The first-order valence-electron chi connectivity index (χ1n) is 6.35. The van der Waals surface area contributed by atoms with Crippen molar-refractivity contribution < 1.29 is 9.59 Å². The van der Waals surface area contributed by atoms with Crippen molar-refractivity contribution in [3.8, 4) is 0 Å². The van der Waals surface area contributed by atoms with Crippen LogP contribution in [0.4, 0.5) is 0 Å². The van der Waals surface area contributed by atoms with Crippen molar-refractivity contribution in [1.82, 2.24) is 15.2 Å². The Morgan fingerprint density at radius 2 is 2.16 bits per heavy atom. The van der Waals surface area contributed by atoms with E-state index >= 15 is 0 Å². The van der Waals surface area contributed by atoms with Gasteiger partial charge in [-0.15, -0.1) is 0 Å². The van der Waals surface area contributed by atoms with E-state index < -0.39 is 6.04 Å². The van der Waals surface area contributed by atoms with Gasteiger partial charge < -0.3 is 10.2 Å². The minimum absolute atomic E-state index is 0.0524. The number of carbonyl (C=O) groups is 2. The zero-order valence-electron chi connectivity index (χ0n) is 11.5. The van der Waals surface area contributed by atoms with Gasteiger partial charge in [-0.1, -0.05) is 26.8 Å². The minimum atomic E-state index is -0.450. The zero-order chi connectivity index (χ0) is 14.0. The van der Waals surface area contributed by atoms with E-state index in [4.69, 9.17) is 0 Å². The van der Waals surface area contributed by atoms with Gasteiger partial charge in [0.05, 0.1) is 6.54 Å². The highest BCUT2D eigenvalue weighted by Crippen LogP contribution is 2.27. The topological polar surface area (TPSA) is 62.3 Å². The van der Waals surface area contributed by atoms with E-state index in [-0.39, 0.29) is 23.8 Å². The number of nitrogens with one attached hydrogen (secondary N) is 1. The standard InChI is InChI=1S/C14H19N3O2/c1-14(2,3)12-13(19)16-8-11(18)17(12)9-10-5-4-6-15-7-10/h4-7,12H,8-9H2,1-3H3,(H,16,19). The number of amides is 2. The summed E-state index contributed by atoms with van der Waals surface area (Å²) in [6, 6.07) is 3.29. The molecule has 102 valence electrons. The van der Waals surface area contributed by atoms with Crippen LogP contribution in [0, 0.1) is 5.41 Å². The molecular formula is C14H19N3O2. The molecule has 0 bridgehead atoms. The van der Waals surface area contributed by atoms with E-state index in [9.17, 15) is 9.59 Å². The Balaban J connectivity index is 2.27. The zero-order valence-corrected chi connectivity index (χ0v) is 11.5. The normalized spacial score (nSPS) is 20.4. The number of aromatic nitrogens is 1. The number of pyridine rings is 1. The van der Waals surface area contributed by atoms with Crippen molar-refractivity contribution in [3.05, 3.63) is 30.1 Å². The largest absolute Gasteiger partial charge is 0.345 e. The van der Waals surface area contributed by atoms with Gasteiger partial charge in [0.25, 0.3) is 0 Å². The van der Waals surface area contributed by atoms with Gasteiger partial charge in [0.2, 0.25) is 11.8 Å². The summed E-state index contributed by atoms with van der Waals surface area (Å²) < 4.78 is 0. The van der Waals surface area contributed by atoms with Gasteiger partial charge in [-0.2, -0.15) is 0 Å². The molecule has 0 aliphatic carbocycles. The summed E-state index contributed by atoms with van der Waals surface area (Å²) in [4.78, 5) is 29.9. The molecule has 5 nitrogen and oxygen atoms in total. The molecule has 19 heavy (non-hydrogen) atoms. The molecule has 1 unspecified atom stereocenters. The van der Waals surface area contributed by atoms with Crippen LogP contribution in [0.15, 0.2) is 24.5 Å². The van der Waals surface area contributed by atoms with Crippen molar-refractivity contribution in [3.63, 3.8) is 0 Å². The molecule has 2 heterocycles. The van der Waals surface area contributed by atoms with Crippen LogP contribution in [0.1, 0.15) is 26.3 Å². The van der Waals surface area contributed by atoms with Crippen LogP contribution < -0.4 is 5.32 Å². The molecule has 1 atom stereocenters. The van der Waals surface area contributed by atoms with E-state index in [1.165, 1.54) is 0 Å². The SMILES string of the molecule is CC(C)(C)C1C(=O)NCC(=O)N1Cc1cccnc1. The number of nitrogens with zero attached hydrogens (tertiary/aromatic N) is 2. The number of hydrogen-bond acceptors (Lipinski definition) is 3. The molecule has 0 spiro atoms. The number of piperazine rings is 1. The molecule has 0 saturated carbocycles. The molecule has 5 heteroatoms. The van der Waals surface area contributed by atoms with Gasteiger partial charge in [0.15, 0.2) is 0 Å². The molecule has 2 amide bonds. The summed E-state index contributed by atoms with van der Waals surface area (Å²) in [7, 11) is 0. The van der Waals surface area contributed by atoms with Crippen molar-refractivity contribution in [2.75, 3.05) is 6.54 Å². The smallest absolute Gasteiger partial charge is 0.243 e. The summed E-state index contributed by atoms with van der Waals surface area (Å²) in [5.41, 5.74) is 0.627. The fourth-order valence-electron chi connectivity index (χ4n) is 2.38. The summed E-state index contributed by atoms with van der Waals surface area (Å²) in [5, 5.41) is 2.66. The second kappa shape index (κ2) is 4.99. The lowest BCUT2D eigenvalue weighted by Crippen LogP contribution is -2.62. The van der Waals surface area contributed by atoms with E-state index in [2.05, 4.69) is 10.3 Å². The van der Waals surface area contributed by atoms with Gasteiger partial charge >= 0.3 is 0 Å². The average molecular weight is 261 g/mol. The lowest BCUT2D eigenvalue weighted by atomic mass is 9.83. The Labute approximate surface area is 113 Å². The Morgan fingerprint density at radius 3 is 2.74 bits per heavy atom. The lowest BCUT2D eigenvalue weighted by Gasteiger charge is -2.42. The van der Waals surface area contributed by atoms with E-state index in [0.717, 1.165) is 5.56 Å². The van der Waals surface area contributed by atoms with Crippen LogP contribution in [-0.4, -0.2) is 34.3 Å². The third kappa shape index (κ3) is 2.92. The molecule has 1 aromatic rings. The van der Waals surface area contributed by atoms with Crippen molar-refractivity contribution >= 4 is 11.8 Å². The van der Waals surface area contributed by atoms with Gasteiger partial charge in [0.1, 0.15) is 6.04 Å². The highest BCUT2D eigenvalue weighted by Gasteiger charge is 2.41. The second-order valence-corrected chi connectivity index (χ2v) is 5.87. The molecule has 1 N–H and O–H groups in total. The second-order valence-electron chi connectivity index (χ2n) is 5.87. The lowest BCUT2D eigenvalue weighted by molar-refractivity contribution is -0.150. The molecule has 1 aliphatic heterocycles. The van der Waals surface area contributed by atoms with Crippen molar-refractivity contribution in [2.45, 2.75) is 33.4 Å². The van der Waals surface area contributed by atoms with Crippen molar-refractivity contribution in [1.29, 1.82) is 0 Å². The maximum atomic E-state index is 12.1. The molecule has 1 saturated heterocycles. The first kappa shape index (κ1) is 13.5. The molecule has 1 aromatic heterocycles. The minimum Gasteiger partial charge on any atom is -0.345 e. The van der Waals surface area contributed by atoms with Crippen LogP contribution >= 0.6 is 0 Å². The van der Waals surface area contributed by atoms with Crippen LogP contribution in [0.25, 0.3) is 0 Å². The van der Waals surface area contributed by atoms with Gasteiger partial charge in [0, 0.05) is 18.9 Å². The summed E-state index contributed by atoms with van der Waals surface area (Å²) >= 11 is 0. The van der Waals surface area contributed by atoms with Gasteiger partial charge in [-0.3, -0.25) is 14.6 Å². The van der Waals surface area contributed by atoms with E-state index in [1.807, 2.05) is 32.9 Å². The molecule has 1 aliphatic rings. The molecule has 0 radical (unpaired) electrons. The Kier molecular flexibility index (Phi) is 3.55. The Bertz CT molecular complexity index is 479.